The first-order valence-electron chi connectivity index (χ1n) is 3.32. The lowest BCUT2D eigenvalue weighted by atomic mass is 10.3. The highest BCUT2D eigenvalue weighted by molar-refractivity contribution is 5.34. The van der Waals surface area contributed by atoms with E-state index in [4.69, 9.17) is 0 Å². The highest BCUT2D eigenvalue weighted by Gasteiger charge is 1.99. The first-order valence-corrected chi connectivity index (χ1v) is 3.32. The van der Waals surface area contributed by atoms with Gasteiger partial charge in [-0.3, -0.25) is 10.1 Å². The zero-order valence-electron chi connectivity index (χ0n) is 6.69. The van der Waals surface area contributed by atoms with Crippen molar-refractivity contribution in [3.05, 3.63) is 34.4 Å². The molecule has 0 heterocycles. The van der Waals surface area contributed by atoms with Crippen LogP contribution in [0.15, 0.2) is 24.3 Å². The minimum absolute atomic E-state index is 0.0559. The molecule has 0 atom stereocenters. The zero-order chi connectivity index (χ0) is 9.56. The van der Waals surface area contributed by atoms with Gasteiger partial charge >= 0.3 is 0 Å². The molecule has 0 fully saturated rings. The van der Waals surface area contributed by atoms with E-state index < -0.39 is 4.92 Å². The Kier molecular flexibility index (Phi) is 4.40. The number of hydrogen-bond donors (Lipinski definition) is 1. The fourth-order valence-corrected chi connectivity index (χ4v) is 0.568. The van der Waals surface area contributed by atoms with Crippen molar-refractivity contribution in [2.75, 3.05) is 7.05 Å². The van der Waals surface area contributed by atoms with E-state index in [1.165, 1.54) is 12.1 Å². The van der Waals surface area contributed by atoms with E-state index in [0.717, 1.165) is 12.1 Å². The number of nitrogens with zero attached hydrogens (tertiary/aromatic N) is 1. The molecule has 12 heavy (non-hydrogen) atoms. The highest BCUT2D eigenvalue weighted by atomic mass is 16.6. The lowest BCUT2D eigenvalue weighted by Crippen LogP contribution is -2.40. The molecule has 0 aliphatic heterocycles. The van der Waals surface area contributed by atoms with Gasteiger partial charge in [0.05, 0.1) is 12.0 Å². The van der Waals surface area contributed by atoms with E-state index in [1.807, 2.05) is 0 Å². The van der Waals surface area contributed by atoms with Crippen LogP contribution in [0, 0.1) is 10.1 Å². The van der Waals surface area contributed by atoms with Crippen LogP contribution >= 0.6 is 0 Å². The molecule has 0 aliphatic rings. The number of quaternary nitrogens is 1. The van der Waals surface area contributed by atoms with Crippen LogP contribution < -0.4 is 10.8 Å². The average Bonchev–Trinajstić information content (AvgIpc) is 2.09. The van der Waals surface area contributed by atoms with Crippen LogP contribution in [0.2, 0.25) is 0 Å². The zero-order valence-corrected chi connectivity index (χ0v) is 6.69. The molecule has 0 saturated carbocycles. The monoisotopic (exact) mass is 170 g/mol. The van der Waals surface area contributed by atoms with Crippen LogP contribution in [0.25, 0.3) is 0 Å². The molecular weight excluding hydrogens is 160 g/mol. The molecule has 0 unspecified atom stereocenters. The Hall–Kier alpha value is -1.62. The lowest BCUT2D eigenvalue weighted by Gasteiger charge is -2.00. The fourth-order valence-electron chi connectivity index (χ4n) is 0.568. The summed E-state index contributed by atoms with van der Waals surface area (Å²) < 4.78 is 0. The van der Waals surface area contributed by atoms with E-state index in [1.54, 1.807) is 7.05 Å². The molecule has 5 nitrogen and oxygen atoms in total. The summed E-state index contributed by atoms with van der Waals surface area (Å²) in [4.78, 5) is 9.47. The summed E-state index contributed by atoms with van der Waals surface area (Å²) in [6.07, 6.45) is 0. The van der Waals surface area contributed by atoms with Gasteiger partial charge in [-0.1, -0.05) is 12.1 Å². The lowest BCUT2D eigenvalue weighted by molar-refractivity contribution is -0.385. The van der Waals surface area contributed by atoms with Crippen molar-refractivity contribution in [3.8, 4) is 5.75 Å². The van der Waals surface area contributed by atoms with E-state index in [2.05, 4.69) is 5.73 Å². The number of rotatable bonds is 1. The normalized spacial score (nSPS) is 8.17. The quantitative estimate of drug-likeness (QED) is 0.455. The number of benzene rings is 1. The molecule has 66 valence electrons. The van der Waals surface area contributed by atoms with Gasteiger partial charge in [-0.05, 0) is 0 Å². The van der Waals surface area contributed by atoms with Gasteiger partial charge in [-0.2, -0.15) is 0 Å². The standard InChI is InChI=1S/C6H5NO3.CH5N/c8-6-3-1-5(2-4-6)7(9)10;1-2/h1-4,8H;2H2,1H3. The molecule has 1 rings (SSSR count). The van der Waals surface area contributed by atoms with Crippen molar-refractivity contribution < 1.29 is 15.8 Å². The molecule has 0 radical (unpaired) electrons. The number of hydrogen-bond acceptors (Lipinski definition) is 3. The van der Waals surface area contributed by atoms with Crippen LogP contribution in [0.5, 0.6) is 5.75 Å². The molecule has 0 aromatic heterocycles. The molecule has 0 amide bonds. The average molecular weight is 170 g/mol. The third-order valence-electron chi connectivity index (χ3n) is 1.05. The molecule has 0 bridgehead atoms. The summed E-state index contributed by atoms with van der Waals surface area (Å²) in [5.74, 6) is -0.217. The number of nitro benzene ring substituents is 1. The van der Waals surface area contributed by atoms with E-state index >= 15 is 0 Å². The Labute approximate surface area is 69.6 Å². The Morgan fingerprint density at radius 3 is 2.00 bits per heavy atom. The summed E-state index contributed by atoms with van der Waals surface area (Å²) in [5.41, 5.74) is 3.19. The Morgan fingerprint density at radius 2 is 1.67 bits per heavy atom. The van der Waals surface area contributed by atoms with Crippen molar-refractivity contribution >= 4 is 5.69 Å². The van der Waals surface area contributed by atoms with Gasteiger partial charge in [0, 0.05) is 12.1 Å². The summed E-state index contributed by atoms with van der Waals surface area (Å²) in [5, 5.41) is 20.4. The summed E-state index contributed by atoms with van der Waals surface area (Å²) in [6, 6.07) is 4.70. The highest BCUT2D eigenvalue weighted by Crippen LogP contribution is 2.12. The van der Waals surface area contributed by atoms with Crippen LogP contribution in [0.4, 0.5) is 5.69 Å². The molecular formula is C7H10N2O3. The Bertz CT molecular complexity index is 245. The largest absolute Gasteiger partial charge is 0.872 e. The van der Waals surface area contributed by atoms with Gasteiger partial charge in [-0.25, -0.2) is 0 Å². The van der Waals surface area contributed by atoms with Gasteiger partial charge in [0.2, 0.25) is 0 Å². The van der Waals surface area contributed by atoms with Crippen molar-refractivity contribution in [1.82, 2.24) is 0 Å². The Morgan fingerprint density at radius 1 is 1.25 bits per heavy atom. The van der Waals surface area contributed by atoms with E-state index in [0.29, 0.717) is 0 Å². The predicted molar refractivity (Wildman–Crippen MR) is 41.4 cm³/mol. The fraction of sp³-hybridized carbons (Fsp3) is 0.143. The minimum atomic E-state index is -0.542. The molecule has 0 spiro atoms. The van der Waals surface area contributed by atoms with Crippen LogP contribution in [0.1, 0.15) is 0 Å². The molecule has 1 aromatic rings. The third kappa shape index (κ3) is 2.98. The van der Waals surface area contributed by atoms with Gasteiger partial charge < -0.3 is 10.8 Å². The minimum Gasteiger partial charge on any atom is -0.872 e. The van der Waals surface area contributed by atoms with Crippen LogP contribution in [-0.2, 0) is 0 Å². The summed E-state index contributed by atoms with van der Waals surface area (Å²) >= 11 is 0. The van der Waals surface area contributed by atoms with Gasteiger partial charge in [0.1, 0.15) is 0 Å². The van der Waals surface area contributed by atoms with Crippen molar-refractivity contribution in [2.45, 2.75) is 0 Å². The summed E-state index contributed by atoms with van der Waals surface area (Å²) in [6.45, 7) is 0. The van der Waals surface area contributed by atoms with E-state index in [-0.39, 0.29) is 11.4 Å². The molecule has 0 aliphatic carbocycles. The first kappa shape index (κ1) is 10.4. The third-order valence-corrected chi connectivity index (χ3v) is 1.05. The molecule has 5 heteroatoms. The van der Waals surface area contributed by atoms with Crippen molar-refractivity contribution in [2.24, 2.45) is 0 Å². The number of nitro groups is 1. The SMILES string of the molecule is C[NH3+].O=[N+]([O-])c1ccc([O-])cc1. The van der Waals surface area contributed by atoms with Crippen LogP contribution in [-0.4, -0.2) is 12.0 Å². The molecule has 3 N–H and O–H groups in total. The molecule has 0 saturated heterocycles. The van der Waals surface area contributed by atoms with Gasteiger partial charge in [0.15, 0.2) is 0 Å². The molecule has 1 aromatic carbocycles. The Balaban J connectivity index is 0.000000561. The topological polar surface area (TPSA) is 93.8 Å². The maximum atomic E-state index is 10.4. The number of non-ortho nitro benzene ring substituents is 1. The second-order valence-electron chi connectivity index (χ2n) is 1.75. The van der Waals surface area contributed by atoms with E-state index in [9.17, 15) is 15.2 Å². The first-order chi connectivity index (χ1) is 5.70. The second kappa shape index (κ2) is 5.09. The maximum absolute atomic E-state index is 10.4. The smallest absolute Gasteiger partial charge is 0.269 e. The van der Waals surface area contributed by atoms with Crippen molar-refractivity contribution in [3.63, 3.8) is 0 Å². The summed E-state index contributed by atoms with van der Waals surface area (Å²) in [7, 11) is 1.75. The maximum Gasteiger partial charge on any atom is 0.269 e. The second-order valence-corrected chi connectivity index (χ2v) is 1.75. The van der Waals surface area contributed by atoms with Gasteiger partial charge in [-0.15, -0.1) is 5.75 Å². The van der Waals surface area contributed by atoms with Crippen molar-refractivity contribution in [1.29, 1.82) is 0 Å². The predicted octanol–water partition coefficient (Wildman–Crippen LogP) is -0.474. The van der Waals surface area contributed by atoms with Crippen LogP contribution in [0.3, 0.4) is 0 Å². The van der Waals surface area contributed by atoms with Gasteiger partial charge in [0.25, 0.3) is 5.69 Å².